The third-order valence-electron chi connectivity index (χ3n) is 7.12. The van der Waals surface area contributed by atoms with Gasteiger partial charge >= 0.3 is 0 Å². The predicted molar refractivity (Wildman–Crippen MR) is 121 cm³/mol. The van der Waals surface area contributed by atoms with Crippen molar-refractivity contribution in [3.8, 4) is 5.69 Å². The molecule has 0 unspecified atom stereocenters. The molecule has 2 aliphatic heterocycles. The predicted octanol–water partition coefficient (Wildman–Crippen LogP) is 2.59. The van der Waals surface area contributed by atoms with Gasteiger partial charge in [-0.05, 0) is 43.7 Å². The Kier molecular flexibility index (Phi) is 4.44. The van der Waals surface area contributed by atoms with Crippen molar-refractivity contribution >= 4 is 27.9 Å². The molecule has 4 aromatic rings. The van der Waals surface area contributed by atoms with Gasteiger partial charge in [0.15, 0.2) is 11.5 Å². The number of benzene rings is 1. The van der Waals surface area contributed by atoms with E-state index in [1.807, 2.05) is 36.1 Å². The number of aliphatic hydroxyl groups is 1. The van der Waals surface area contributed by atoms with E-state index in [2.05, 4.69) is 22.0 Å². The molecule has 0 radical (unpaired) electrons. The minimum atomic E-state index is -0.164. The van der Waals surface area contributed by atoms with Crippen LogP contribution in [-0.4, -0.2) is 60.4 Å². The molecule has 5 heterocycles. The highest BCUT2D eigenvalue weighted by molar-refractivity contribution is 5.89. The summed E-state index contributed by atoms with van der Waals surface area (Å²) in [4.78, 5) is 12.0. The lowest BCUT2D eigenvalue weighted by atomic mass is 9.77. The topological polar surface area (TPSA) is 94.1 Å². The Morgan fingerprint density at radius 3 is 2.75 bits per heavy atom. The van der Waals surface area contributed by atoms with Crippen LogP contribution in [0.1, 0.15) is 31.9 Å². The van der Waals surface area contributed by atoms with Crippen molar-refractivity contribution in [2.24, 2.45) is 12.5 Å². The minimum Gasteiger partial charge on any atom is -0.390 e. The summed E-state index contributed by atoms with van der Waals surface area (Å²) in [5.41, 5.74) is 4.15. The fraction of sp³-hybridized carbons (Fsp3) is 0.478. The zero-order chi connectivity index (χ0) is 21.9. The smallest absolute Gasteiger partial charge is 0.182 e. The fourth-order valence-electron chi connectivity index (χ4n) is 5.34. The molecule has 1 aromatic carbocycles. The van der Waals surface area contributed by atoms with Crippen LogP contribution in [0.4, 0.5) is 5.82 Å². The van der Waals surface area contributed by atoms with Crippen LogP contribution in [0.15, 0.2) is 30.6 Å². The van der Waals surface area contributed by atoms with Gasteiger partial charge in [-0.1, -0.05) is 6.07 Å². The number of piperidine rings is 1. The van der Waals surface area contributed by atoms with Gasteiger partial charge in [-0.3, -0.25) is 4.68 Å². The summed E-state index contributed by atoms with van der Waals surface area (Å²) in [5, 5.41) is 20.1. The first-order chi connectivity index (χ1) is 15.6. The van der Waals surface area contributed by atoms with Crippen LogP contribution in [0.25, 0.3) is 27.8 Å². The van der Waals surface area contributed by atoms with E-state index in [4.69, 9.17) is 14.7 Å². The Morgan fingerprint density at radius 2 is 2.00 bits per heavy atom. The third-order valence-corrected chi connectivity index (χ3v) is 7.12. The van der Waals surface area contributed by atoms with Gasteiger partial charge in [0.2, 0.25) is 0 Å². The van der Waals surface area contributed by atoms with E-state index in [9.17, 15) is 5.11 Å². The molecule has 166 valence electrons. The van der Waals surface area contributed by atoms with E-state index in [1.54, 1.807) is 10.9 Å². The molecule has 0 bridgehead atoms. The first-order valence-corrected chi connectivity index (χ1v) is 11.2. The third kappa shape index (κ3) is 2.99. The van der Waals surface area contributed by atoms with E-state index in [-0.39, 0.29) is 6.61 Å². The Hall–Kier alpha value is -3.04. The second kappa shape index (κ2) is 7.25. The SMILES string of the molecule is C[C@H]1CC2(CCN(c3nc4cnn(-c5cccc6c5cnn6C)c4nc3CO)CC2)CO1. The molecule has 1 spiro atoms. The van der Waals surface area contributed by atoms with Gasteiger partial charge in [-0.15, -0.1) is 0 Å². The molecular formula is C23H27N7O2. The van der Waals surface area contributed by atoms with Gasteiger partial charge in [-0.25, -0.2) is 14.6 Å². The van der Waals surface area contributed by atoms with E-state index < -0.39 is 0 Å². The number of aromatic nitrogens is 6. The number of fused-ring (bicyclic) bond motifs is 2. The van der Waals surface area contributed by atoms with Gasteiger partial charge in [0.05, 0.1) is 42.9 Å². The first-order valence-electron chi connectivity index (χ1n) is 11.2. The Balaban J connectivity index is 1.37. The number of anilines is 1. The molecule has 2 aliphatic rings. The summed E-state index contributed by atoms with van der Waals surface area (Å²) in [6.07, 6.45) is 7.21. The van der Waals surface area contributed by atoms with Crippen LogP contribution < -0.4 is 4.90 Å². The van der Waals surface area contributed by atoms with Crippen molar-refractivity contribution < 1.29 is 9.84 Å². The number of ether oxygens (including phenoxy) is 1. The van der Waals surface area contributed by atoms with Crippen molar-refractivity contribution in [3.63, 3.8) is 0 Å². The number of aliphatic hydroxyl groups excluding tert-OH is 1. The number of aryl methyl sites for hydroxylation is 1. The molecular weight excluding hydrogens is 406 g/mol. The number of nitrogens with zero attached hydrogens (tertiary/aromatic N) is 7. The van der Waals surface area contributed by atoms with Gasteiger partial charge in [0.1, 0.15) is 11.2 Å². The molecule has 9 nitrogen and oxygen atoms in total. The standard InChI is InChI=1S/C23H27N7O2/c1-15-10-23(14-32-15)6-8-29(9-7-23)21-18(13-31)27-22-17(26-21)12-25-30(22)20-5-3-4-19-16(20)11-24-28(19)2/h3-5,11-12,15,31H,6-10,13-14H2,1-2H3/t15-/m0/s1. The number of hydrogen-bond acceptors (Lipinski definition) is 7. The maximum Gasteiger partial charge on any atom is 0.182 e. The Bertz CT molecular complexity index is 1300. The Morgan fingerprint density at radius 1 is 1.16 bits per heavy atom. The molecule has 1 atom stereocenters. The van der Waals surface area contributed by atoms with E-state index in [0.717, 1.165) is 66.9 Å². The van der Waals surface area contributed by atoms with Crippen LogP contribution in [0.2, 0.25) is 0 Å². The average Bonchev–Trinajstić information content (AvgIpc) is 3.50. The van der Waals surface area contributed by atoms with Crippen LogP contribution in [0.5, 0.6) is 0 Å². The second-order valence-electron chi connectivity index (χ2n) is 9.21. The first kappa shape index (κ1) is 19.6. The van der Waals surface area contributed by atoms with Crippen molar-refractivity contribution in [1.29, 1.82) is 0 Å². The average molecular weight is 434 g/mol. The van der Waals surface area contributed by atoms with E-state index >= 15 is 0 Å². The van der Waals surface area contributed by atoms with Gasteiger partial charge in [-0.2, -0.15) is 10.2 Å². The van der Waals surface area contributed by atoms with E-state index in [1.165, 1.54) is 0 Å². The Labute approximate surface area is 185 Å². The van der Waals surface area contributed by atoms with Crippen molar-refractivity contribution in [2.75, 3.05) is 24.6 Å². The molecule has 6 rings (SSSR count). The van der Waals surface area contributed by atoms with Crippen LogP contribution in [0, 0.1) is 5.41 Å². The number of rotatable bonds is 3. The fourth-order valence-corrected chi connectivity index (χ4v) is 5.34. The molecule has 2 saturated heterocycles. The van der Waals surface area contributed by atoms with Crippen molar-refractivity contribution in [2.45, 2.75) is 38.9 Å². The van der Waals surface area contributed by atoms with Crippen molar-refractivity contribution in [1.82, 2.24) is 29.5 Å². The summed E-state index contributed by atoms with van der Waals surface area (Å²) < 4.78 is 9.49. The zero-order valence-corrected chi connectivity index (χ0v) is 18.4. The summed E-state index contributed by atoms with van der Waals surface area (Å²) in [6, 6.07) is 6.01. The van der Waals surface area contributed by atoms with Crippen LogP contribution >= 0.6 is 0 Å². The molecule has 32 heavy (non-hydrogen) atoms. The lowest BCUT2D eigenvalue weighted by Crippen LogP contribution is -2.41. The van der Waals surface area contributed by atoms with Crippen LogP contribution in [-0.2, 0) is 18.4 Å². The highest BCUT2D eigenvalue weighted by atomic mass is 16.5. The summed E-state index contributed by atoms with van der Waals surface area (Å²) in [6.45, 7) is 4.64. The summed E-state index contributed by atoms with van der Waals surface area (Å²) in [5.74, 6) is 0.765. The monoisotopic (exact) mass is 433 g/mol. The highest BCUT2D eigenvalue weighted by Crippen LogP contribution is 2.42. The molecule has 9 heteroatoms. The number of hydrogen-bond donors (Lipinski definition) is 1. The maximum absolute atomic E-state index is 10.1. The lowest BCUT2D eigenvalue weighted by Gasteiger charge is -2.39. The molecule has 0 amide bonds. The quantitative estimate of drug-likeness (QED) is 0.531. The summed E-state index contributed by atoms with van der Waals surface area (Å²) in [7, 11) is 1.92. The van der Waals surface area contributed by atoms with Crippen molar-refractivity contribution in [3.05, 3.63) is 36.3 Å². The van der Waals surface area contributed by atoms with Crippen LogP contribution in [0.3, 0.4) is 0 Å². The normalized spacial score (nSPS) is 20.7. The molecule has 0 aliphatic carbocycles. The molecule has 3 aromatic heterocycles. The molecule has 2 fully saturated rings. The maximum atomic E-state index is 10.1. The largest absolute Gasteiger partial charge is 0.390 e. The highest BCUT2D eigenvalue weighted by Gasteiger charge is 2.41. The van der Waals surface area contributed by atoms with Gasteiger partial charge < -0.3 is 14.7 Å². The van der Waals surface area contributed by atoms with Gasteiger partial charge in [0.25, 0.3) is 0 Å². The van der Waals surface area contributed by atoms with Gasteiger partial charge in [0, 0.05) is 25.5 Å². The lowest BCUT2D eigenvalue weighted by molar-refractivity contribution is 0.0975. The second-order valence-corrected chi connectivity index (χ2v) is 9.21. The summed E-state index contributed by atoms with van der Waals surface area (Å²) >= 11 is 0. The van der Waals surface area contributed by atoms with E-state index in [0.29, 0.717) is 22.9 Å². The molecule has 0 saturated carbocycles. The zero-order valence-electron chi connectivity index (χ0n) is 18.4. The minimum absolute atomic E-state index is 0.164. The molecule has 1 N–H and O–H groups in total.